The van der Waals surface area contributed by atoms with Crippen LogP contribution in [0, 0.1) is 11.3 Å². The molecule has 0 aliphatic carbocycles. The van der Waals surface area contributed by atoms with E-state index >= 15 is 0 Å². The molecule has 2 aliphatic rings. The second-order valence-electron chi connectivity index (χ2n) is 5.95. The number of carbonyl (C=O) groups is 3. The number of nitriles is 1. The molecule has 0 bridgehead atoms. The van der Waals surface area contributed by atoms with Gasteiger partial charge in [-0.3, -0.25) is 9.59 Å². The van der Waals surface area contributed by atoms with Gasteiger partial charge in [0, 0.05) is 65.5 Å². The molecule has 2 saturated heterocycles. The van der Waals surface area contributed by atoms with Crippen LogP contribution >= 0.6 is 0 Å². The maximum absolute atomic E-state index is 12.5. The number of ether oxygens (including phenoxy) is 1. The smallest absolute Gasteiger partial charge is 0.409 e. The number of piperazine rings is 2. The molecule has 9 nitrogen and oxygen atoms in total. The molecule has 2 rings (SSSR count). The van der Waals surface area contributed by atoms with Crippen LogP contribution in [-0.4, -0.2) is 97.0 Å². The van der Waals surface area contributed by atoms with Gasteiger partial charge in [0.05, 0.1) is 7.11 Å². The molecule has 0 aromatic carbocycles. The van der Waals surface area contributed by atoms with Crippen LogP contribution in [0.1, 0.15) is 6.92 Å². The fraction of sp³-hybridized carbons (Fsp3) is 0.625. The molecule has 0 radical (unpaired) electrons. The van der Waals surface area contributed by atoms with Crippen molar-refractivity contribution in [3.8, 4) is 6.07 Å². The Labute approximate surface area is 147 Å². The maximum atomic E-state index is 12.5. The first kappa shape index (κ1) is 18.6. The lowest BCUT2D eigenvalue weighted by molar-refractivity contribution is -0.136. The molecule has 0 unspecified atom stereocenters. The van der Waals surface area contributed by atoms with Gasteiger partial charge < -0.3 is 24.3 Å². The molecule has 2 heterocycles. The Kier molecular flexibility index (Phi) is 6.22. The topological polar surface area (TPSA) is 97.2 Å². The predicted octanol–water partition coefficient (Wildman–Crippen LogP) is -0.531. The van der Waals surface area contributed by atoms with Crippen LogP contribution in [0.5, 0.6) is 0 Å². The number of amides is 3. The first-order chi connectivity index (χ1) is 12.0. The monoisotopic (exact) mass is 349 g/mol. The standard InChI is InChI=1S/C16H23N5O4/c1-13(22)19-7-9-20(10-8-19)15(23)14(11-17)12-18-3-5-21(6-4-18)16(24)25-2/h12H,3-10H2,1-2H3/b14-12-. The van der Waals surface area contributed by atoms with Gasteiger partial charge in [-0.05, 0) is 0 Å². The third-order valence-electron chi connectivity index (χ3n) is 4.42. The molecule has 9 heteroatoms. The average molecular weight is 349 g/mol. The largest absolute Gasteiger partial charge is 0.453 e. The molecule has 0 spiro atoms. The van der Waals surface area contributed by atoms with Gasteiger partial charge in [0.15, 0.2) is 0 Å². The lowest BCUT2D eigenvalue weighted by Gasteiger charge is -2.35. The van der Waals surface area contributed by atoms with Crippen molar-refractivity contribution in [1.82, 2.24) is 19.6 Å². The van der Waals surface area contributed by atoms with Crippen LogP contribution in [-0.2, 0) is 14.3 Å². The molecule has 25 heavy (non-hydrogen) atoms. The Balaban J connectivity index is 1.92. The Morgan fingerprint density at radius 3 is 1.92 bits per heavy atom. The van der Waals surface area contributed by atoms with Crippen LogP contribution in [0.3, 0.4) is 0 Å². The number of hydrogen-bond acceptors (Lipinski definition) is 6. The van der Waals surface area contributed by atoms with Crippen molar-refractivity contribution in [2.75, 3.05) is 59.5 Å². The number of hydrogen-bond donors (Lipinski definition) is 0. The maximum Gasteiger partial charge on any atom is 0.409 e. The van der Waals surface area contributed by atoms with Crippen LogP contribution in [0.2, 0.25) is 0 Å². The molecule has 2 fully saturated rings. The van der Waals surface area contributed by atoms with E-state index in [4.69, 9.17) is 0 Å². The van der Waals surface area contributed by atoms with Gasteiger partial charge in [0.1, 0.15) is 11.6 Å². The second-order valence-corrected chi connectivity index (χ2v) is 5.95. The van der Waals surface area contributed by atoms with Crippen molar-refractivity contribution in [3.63, 3.8) is 0 Å². The van der Waals surface area contributed by atoms with E-state index < -0.39 is 0 Å². The molecule has 3 amide bonds. The van der Waals surface area contributed by atoms with Crippen LogP contribution in [0.4, 0.5) is 4.79 Å². The van der Waals surface area contributed by atoms with Gasteiger partial charge in [-0.15, -0.1) is 0 Å². The van der Waals surface area contributed by atoms with Crippen LogP contribution in [0.15, 0.2) is 11.8 Å². The van der Waals surface area contributed by atoms with Gasteiger partial charge in [-0.1, -0.05) is 0 Å². The average Bonchev–Trinajstić information content (AvgIpc) is 2.65. The summed E-state index contributed by atoms with van der Waals surface area (Å²) in [5.41, 5.74) is 0.0720. The van der Waals surface area contributed by atoms with Crippen molar-refractivity contribution in [3.05, 3.63) is 11.8 Å². The van der Waals surface area contributed by atoms with Crippen LogP contribution in [0.25, 0.3) is 0 Å². The Bertz CT molecular complexity index is 596. The molecule has 0 aromatic heterocycles. The van der Waals surface area contributed by atoms with E-state index in [0.29, 0.717) is 52.4 Å². The van der Waals surface area contributed by atoms with Crippen molar-refractivity contribution < 1.29 is 19.1 Å². The number of carbonyl (C=O) groups excluding carboxylic acids is 3. The summed E-state index contributed by atoms with van der Waals surface area (Å²) >= 11 is 0. The van der Waals surface area contributed by atoms with E-state index in [-0.39, 0.29) is 23.5 Å². The quantitative estimate of drug-likeness (QED) is 0.491. The Morgan fingerprint density at radius 2 is 1.44 bits per heavy atom. The zero-order chi connectivity index (χ0) is 18.4. The highest BCUT2D eigenvalue weighted by molar-refractivity contribution is 5.97. The molecular weight excluding hydrogens is 326 g/mol. The second kappa shape index (κ2) is 8.37. The van der Waals surface area contributed by atoms with E-state index in [0.717, 1.165) is 0 Å². The van der Waals surface area contributed by atoms with E-state index in [1.165, 1.54) is 14.0 Å². The van der Waals surface area contributed by atoms with Crippen LogP contribution < -0.4 is 0 Å². The minimum Gasteiger partial charge on any atom is -0.453 e. The van der Waals surface area contributed by atoms with Crippen molar-refractivity contribution in [2.45, 2.75) is 6.92 Å². The summed E-state index contributed by atoms with van der Waals surface area (Å²) in [5, 5.41) is 9.33. The van der Waals surface area contributed by atoms with E-state index in [9.17, 15) is 19.6 Å². The zero-order valence-corrected chi connectivity index (χ0v) is 14.6. The van der Waals surface area contributed by atoms with Crippen molar-refractivity contribution in [1.29, 1.82) is 5.26 Å². The third-order valence-corrected chi connectivity index (χ3v) is 4.42. The fourth-order valence-corrected chi connectivity index (χ4v) is 2.87. The summed E-state index contributed by atoms with van der Waals surface area (Å²) in [7, 11) is 1.34. The summed E-state index contributed by atoms with van der Waals surface area (Å²) in [4.78, 5) is 42.1. The molecule has 0 N–H and O–H groups in total. The highest BCUT2D eigenvalue weighted by atomic mass is 16.5. The molecule has 136 valence electrons. The Hall–Kier alpha value is -2.76. The van der Waals surface area contributed by atoms with Gasteiger partial charge in [-0.2, -0.15) is 5.26 Å². The van der Waals surface area contributed by atoms with Crippen molar-refractivity contribution in [2.24, 2.45) is 0 Å². The number of nitrogens with zero attached hydrogens (tertiary/aromatic N) is 5. The third kappa shape index (κ3) is 4.62. The van der Waals surface area contributed by atoms with E-state index in [2.05, 4.69) is 4.74 Å². The van der Waals surface area contributed by atoms with Gasteiger partial charge >= 0.3 is 6.09 Å². The predicted molar refractivity (Wildman–Crippen MR) is 88.1 cm³/mol. The highest BCUT2D eigenvalue weighted by Gasteiger charge is 2.26. The van der Waals surface area contributed by atoms with E-state index in [1.54, 1.807) is 20.9 Å². The molecular formula is C16H23N5O4. The molecule has 0 saturated carbocycles. The van der Waals surface area contributed by atoms with Crippen molar-refractivity contribution >= 4 is 17.9 Å². The summed E-state index contributed by atoms with van der Waals surface area (Å²) < 4.78 is 4.68. The lowest BCUT2D eigenvalue weighted by atomic mass is 10.2. The first-order valence-corrected chi connectivity index (χ1v) is 8.20. The normalized spacial score (nSPS) is 18.7. The van der Waals surface area contributed by atoms with Gasteiger partial charge in [-0.25, -0.2) is 4.79 Å². The summed E-state index contributed by atoms with van der Waals surface area (Å²) in [6, 6.07) is 1.97. The summed E-state index contributed by atoms with van der Waals surface area (Å²) in [6.07, 6.45) is 1.19. The minimum atomic E-state index is -0.372. The zero-order valence-electron chi connectivity index (χ0n) is 14.6. The van der Waals surface area contributed by atoms with Gasteiger partial charge in [0.25, 0.3) is 5.91 Å². The SMILES string of the molecule is COC(=O)N1CCN(/C=C(/C#N)C(=O)N2CCN(C(C)=O)CC2)CC1. The minimum absolute atomic E-state index is 0.00775. The fourth-order valence-electron chi connectivity index (χ4n) is 2.87. The molecule has 2 aliphatic heterocycles. The first-order valence-electron chi connectivity index (χ1n) is 8.20. The highest BCUT2D eigenvalue weighted by Crippen LogP contribution is 2.10. The Morgan fingerprint density at radius 1 is 0.920 bits per heavy atom. The van der Waals surface area contributed by atoms with Gasteiger partial charge in [0.2, 0.25) is 5.91 Å². The summed E-state index contributed by atoms with van der Waals surface area (Å²) in [5.74, 6) is -0.326. The lowest BCUT2D eigenvalue weighted by Crippen LogP contribution is -2.50. The number of methoxy groups -OCH3 is 1. The van der Waals surface area contributed by atoms with E-state index in [1.807, 2.05) is 11.0 Å². The summed E-state index contributed by atoms with van der Waals surface area (Å²) in [6.45, 7) is 5.35. The number of rotatable bonds is 2. The molecule has 0 aromatic rings. The molecule has 0 atom stereocenters.